The summed E-state index contributed by atoms with van der Waals surface area (Å²) < 4.78 is 32.3. The minimum atomic E-state index is -5.05. The van der Waals surface area contributed by atoms with E-state index in [0.29, 0.717) is 12.1 Å². The van der Waals surface area contributed by atoms with E-state index in [-0.39, 0.29) is 11.1 Å². The van der Waals surface area contributed by atoms with E-state index in [1.54, 1.807) is 36.4 Å². The van der Waals surface area contributed by atoms with Gasteiger partial charge in [-0.1, -0.05) is 60.7 Å². The van der Waals surface area contributed by atoms with E-state index >= 15 is 0 Å². The van der Waals surface area contributed by atoms with Crippen molar-refractivity contribution < 1.29 is 32.9 Å². The number of ketones is 1. The summed E-state index contributed by atoms with van der Waals surface area (Å²) in [6.45, 7) is 0. The van der Waals surface area contributed by atoms with Gasteiger partial charge in [-0.25, -0.2) is 0 Å². The van der Waals surface area contributed by atoms with Gasteiger partial charge in [-0.3, -0.25) is 19.5 Å². The van der Waals surface area contributed by atoms with Crippen LogP contribution in [-0.4, -0.2) is 33.9 Å². The molecule has 0 saturated heterocycles. The summed E-state index contributed by atoms with van der Waals surface area (Å²) in [6.07, 6.45) is 0. The lowest BCUT2D eigenvalue weighted by Gasteiger charge is -2.07. The van der Waals surface area contributed by atoms with Crippen LogP contribution in [0.4, 0.5) is 11.4 Å². The zero-order valence-electron chi connectivity index (χ0n) is 16.6. The summed E-state index contributed by atoms with van der Waals surface area (Å²) >= 11 is 0. The Bertz CT molecular complexity index is 1390. The minimum absolute atomic E-state index is 0.135. The maximum absolute atomic E-state index is 13.0. The van der Waals surface area contributed by atoms with Gasteiger partial charge in [0.05, 0.1) is 4.92 Å². The second kappa shape index (κ2) is 9.38. The van der Waals surface area contributed by atoms with Gasteiger partial charge in [0.1, 0.15) is 10.6 Å². The van der Waals surface area contributed by atoms with E-state index in [0.717, 1.165) is 0 Å². The number of allylic oxidation sites excluding steroid dienone is 1. The smallest absolute Gasteiger partial charge is 0.298 e. The number of aliphatic hydroxyl groups is 1. The van der Waals surface area contributed by atoms with Crippen LogP contribution in [-0.2, 0) is 10.1 Å². The van der Waals surface area contributed by atoms with Gasteiger partial charge < -0.3 is 10.2 Å². The van der Waals surface area contributed by atoms with E-state index in [2.05, 4.69) is 10.2 Å². The van der Waals surface area contributed by atoms with Crippen LogP contribution in [0.5, 0.6) is 5.75 Å². The number of aromatic hydroxyl groups is 1. The number of carbonyl (C=O) groups is 1. The molecule has 3 rings (SSSR count). The number of nitro benzene ring substituents is 1. The highest BCUT2D eigenvalue weighted by atomic mass is 32.2. The third-order valence-electron chi connectivity index (χ3n) is 4.31. The predicted octanol–water partition coefficient (Wildman–Crippen LogP) is 4.44. The van der Waals surface area contributed by atoms with Crippen molar-refractivity contribution in [2.24, 2.45) is 10.2 Å². The maximum atomic E-state index is 13.0. The summed E-state index contributed by atoms with van der Waals surface area (Å²) in [4.78, 5) is 22.0. The van der Waals surface area contributed by atoms with Crippen molar-refractivity contribution >= 4 is 33.0 Å². The van der Waals surface area contributed by atoms with Crippen LogP contribution in [0.15, 0.2) is 93.6 Å². The molecule has 168 valence electrons. The van der Waals surface area contributed by atoms with Gasteiger partial charge >= 0.3 is 0 Å². The molecule has 0 aliphatic rings. The van der Waals surface area contributed by atoms with Crippen molar-refractivity contribution in [2.75, 3.05) is 0 Å². The number of hydrogen-bond acceptors (Lipinski definition) is 9. The van der Waals surface area contributed by atoms with Gasteiger partial charge in [-0.05, 0) is 0 Å². The molecule has 0 saturated carbocycles. The molecule has 0 heterocycles. The Morgan fingerprint density at radius 1 is 0.939 bits per heavy atom. The Labute approximate surface area is 186 Å². The number of nitro groups is 1. The highest BCUT2D eigenvalue weighted by Gasteiger charge is 2.25. The van der Waals surface area contributed by atoms with Crippen LogP contribution in [0.25, 0.3) is 5.76 Å². The Morgan fingerprint density at radius 2 is 1.48 bits per heavy atom. The van der Waals surface area contributed by atoms with E-state index in [4.69, 9.17) is 0 Å². The van der Waals surface area contributed by atoms with Crippen LogP contribution >= 0.6 is 0 Å². The number of hydrogen-bond donors (Lipinski definition) is 3. The molecule has 0 radical (unpaired) electrons. The van der Waals surface area contributed by atoms with Crippen molar-refractivity contribution in [3.63, 3.8) is 0 Å². The summed E-state index contributed by atoms with van der Waals surface area (Å²) in [7, 11) is -5.05. The molecule has 0 aromatic heterocycles. The third kappa shape index (κ3) is 5.26. The van der Waals surface area contributed by atoms with Crippen molar-refractivity contribution in [1.82, 2.24) is 0 Å². The number of phenols is 1. The van der Waals surface area contributed by atoms with Crippen molar-refractivity contribution in [3.8, 4) is 5.75 Å². The molecular formula is C21H15N3O8S. The Morgan fingerprint density at radius 3 is 2.00 bits per heavy atom. The molecule has 0 aliphatic carbocycles. The number of aliphatic hydroxyl groups excluding tert-OH is 1. The second-order valence-corrected chi connectivity index (χ2v) is 7.89. The Hall–Kier alpha value is -4.42. The SMILES string of the molecule is O=C(/C(N=Nc1cc([N+](=O)[O-])cc(S(=O)(=O)O)c1O)=C(\O)c1ccccc1)c1ccccc1. The van der Waals surface area contributed by atoms with Crippen LogP contribution in [0.2, 0.25) is 0 Å². The van der Waals surface area contributed by atoms with Crippen LogP contribution in [0.1, 0.15) is 15.9 Å². The molecule has 3 N–H and O–H groups in total. The largest absolute Gasteiger partial charge is 0.505 e. The molecule has 0 unspecified atom stereocenters. The van der Waals surface area contributed by atoms with Crippen molar-refractivity contribution in [2.45, 2.75) is 4.90 Å². The van der Waals surface area contributed by atoms with E-state index in [1.165, 1.54) is 24.3 Å². The van der Waals surface area contributed by atoms with Gasteiger partial charge in [0.25, 0.3) is 15.8 Å². The molecule has 0 spiro atoms. The summed E-state index contributed by atoms with van der Waals surface area (Å²) in [6, 6.07) is 16.7. The molecule has 3 aromatic carbocycles. The third-order valence-corrected chi connectivity index (χ3v) is 5.18. The first kappa shape index (κ1) is 23.2. The zero-order valence-corrected chi connectivity index (χ0v) is 17.4. The average Bonchev–Trinajstić information content (AvgIpc) is 2.80. The molecule has 33 heavy (non-hydrogen) atoms. The average molecular weight is 469 g/mol. The van der Waals surface area contributed by atoms with Crippen LogP contribution < -0.4 is 0 Å². The number of phenolic OH excluding ortho intramolecular Hbond substituents is 1. The Kier molecular flexibility index (Phi) is 6.61. The normalized spacial score (nSPS) is 12.4. The maximum Gasteiger partial charge on any atom is 0.298 e. The molecule has 12 heteroatoms. The number of nitrogens with zero attached hydrogens (tertiary/aromatic N) is 3. The Balaban J connectivity index is 2.20. The fraction of sp³-hybridized carbons (Fsp3) is 0. The fourth-order valence-corrected chi connectivity index (χ4v) is 3.34. The molecule has 0 bridgehead atoms. The molecule has 3 aromatic rings. The zero-order chi connectivity index (χ0) is 24.2. The lowest BCUT2D eigenvalue weighted by atomic mass is 10.1. The van der Waals surface area contributed by atoms with Crippen molar-refractivity contribution in [1.29, 1.82) is 0 Å². The molecular weight excluding hydrogens is 454 g/mol. The minimum Gasteiger partial charge on any atom is -0.505 e. The summed E-state index contributed by atoms with van der Waals surface area (Å²) in [5.41, 5.74) is -1.78. The standard InChI is InChI=1S/C21H15N3O8S/c25-19(13-7-3-1-4-8-13)18(20(26)14-9-5-2-6-10-14)23-22-16-11-15(24(28)29)12-17(21(16)27)33(30,31)32/h1-12,25,27H,(H,30,31,32)/b19-18+,23-22?. The van der Waals surface area contributed by atoms with Crippen LogP contribution in [0, 0.1) is 10.1 Å². The van der Waals surface area contributed by atoms with E-state index < -0.39 is 54.3 Å². The van der Waals surface area contributed by atoms with Crippen molar-refractivity contribution in [3.05, 3.63) is 99.7 Å². The lowest BCUT2D eigenvalue weighted by Crippen LogP contribution is -2.04. The number of non-ortho nitro benzene ring substituents is 1. The summed E-state index contributed by atoms with van der Waals surface area (Å²) in [5.74, 6) is -2.47. The summed E-state index contributed by atoms with van der Waals surface area (Å²) in [5, 5.41) is 39.3. The molecule has 11 nitrogen and oxygen atoms in total. The molecule has 0 fully saturated rings. The van der Waals surface area contributed by atoms with Gasteiger partial charge in [0.15, 0.2) is 17.2 Å². The molecule has 0 aliphatic heterocycles. The van der Waals surface area contributed by atoms with Gasteiger partial charge in [-0.15, -0.1) is 10.2 Å². The lowest BCUT2D eigenvalue weighted by molar-refractivity contribution is -0.385. The number of carbonyl (C=O) groups excluding carboxylic acids is 1. The topological polar surface area (TPSA) is 180 Å². The van der Waals surface area contributed by atoms with E-state index in [9.17, 15) is 38.1 Å². The second-order valence-electron chi connectivity index (χ2n) is 6.50. The van der Waals surface area contributed by atoms with Gasteiger partial charge in [0.2, 0.25) is 5.78 Å². The number of Topliss-reactive ketones (excluding diaryl/α,β-unsaturated/α-hetero) is 1. The molecule has 0 amide bonds. The highest BCUT2D eigenvalue weighted by Crippen LogP contribution is 2.38. The first-order chi connectivity index (χ1) is 15.6. The van der Waals surface area contributed by atoms with E-state index in [1.807, 2.05) is 0 Å². The highest BCUT2D eigenvalue weighted by molar-refractivity contribution is 7.86. The van der Waals surface area contributed by atoms with Crippen LogP contribution in [0.3, 0.4) is 0 Å². The monoisotopic (exact) mass is 469 g/mol. The fourth-order valence-electron chi connectivity index (χ4n) is 2.72. The van der Waals surface area contributed by atoms with Gasteiger partial charge in [0, 0.05) is 23.3 Å². The molecule has 0 atom stereocenters. The number of azo groups is 1. The first-order valence-corrected chi connectivity index (χ1v) is 10.5. The first-order valence-electron chi connectivity index (χ1n) is 9.08. The quantitative estimate of drug-likeness (QED) is 0.0863. The van der Waals surface area contributed by atoms with Gasteiger partial charge in [-0.2, -0.15) is 8.42 Å². The predicted molar refractivity (Wildman–Crippen MR) is 116 cm³/mol. The number of rotatable bonds is 7. The number of benzene rings is 3.